The molecule has 0 radical (unpaired) electrons. The number of hydrogen-bond acceptors (Lipinski definition) is 4. The van der Waals surface area contributed by atoms with E-state index in [1.54, 1.807) is 49.1 Å². The Morgan fingerprint density at radius 2 is 1.57 bits per heavy atom. The van der Waals surface area contributed by atoms with Crippen molar-refractivity contribution in [3.63, 3.8) is 0 Å². The number of hydrogen-bond donors (Lipinski definition) is 2. The highest BCUT2D eigenvalue weighted by Gasteiger charge is 2.19. The molecule has 2 N–H and O–H groups in total. The van der Waals surface area contributed by atoms with Crippen molar-refractivity contribution in [3.8, 4) is 22.6 Å². The van der Waals surface area contributed by atoms with Crippen LogP contribution in [-0.2, 0) is 6.61 Å². The average Bonchev–Trinajstić information content (AvgIpc) is 3.48. The van der Waals surface area contributed by atoms with Gasteiger partial charge in [-0.25, -0.2) is 9.78 Å². The highest BCUT2D eigenvalue weighted by Crippen LogP contribution is 2.29. The van der Waals surface area contributed by atoms with E-state index < -0.39 is 11.9 Å². The molecule has 0 saturated carbocycles. The molecule has 0 atom stereocenters. The van der Waals surface area contributed by atoms with E-state index in [-0.39, 0.29) is 23.4 Å². The molecule has 0 aliphatic rings. The van der Waals surface area contributed by atoms with Crippen molar-refractivity contribution in [2.24, 2.45) is 0 Å². The predicted octanol–water partition coefficient (Wildman–Crippen LogP) is 6.07. The number of benzene rings is 4. The fourth-order valence-corrected chi connectivity index (χ4v) is 3.96. The lowest BCUT2D eigenvalue weighted by atomic mass is 10.0. The summed E-state index contributed by atoms with van der Waals surface area (Å²) in [6, 6.07) is 29.3. The molecule has 37 heavy (non-hydrogen) atoms. The molecule has 0 spiro atoms. The molecule has 0 saturated heterocycles. The van der Waals surface area contributed by atoms with E-state index in [0.29, 0.717) is 5.75 Å². The summed E-state index contributed by atoms with van der Waals surface area (Å²) in [6.45, 7) is 0.262. The Hall–Kier alpha value is -5.17. The number of anilines is 1. The molecular weight excluding hydrogens is 466 g/mol. The Morgan fingerprint density at radius 3 is 2.27 bits per heavy atom. The molecule has 4 aromatic carbocycles. The van der Waals surface area contributed by atoms with Gasteiger partial charge < -0.3 is 19.7 Å². The highest BCUT2D eigenvalue weighted by molar-refractivity contribution is 6.09. The molecule has 0 bridgehead atoms. The van der Waals surface area contributed by atoms with Crippen molar-refractivity contribution in [2.75, 3.05) is 5.32 Å². The lowest BCUT2D eigenvalue weighted by Crippen LogP contribution is -2.16. The maximum Gasteiger partial charge on any atom is 0.337 e. The van der Waals surface area contributed by atoms with Crippen molar-refractivity contribution >= 4 is 17.6 Å². The normalized spacial score (nSPS) is 10.6. The number of nitrogens with one attached hydrogen (secondary N) is 1. The van der Waals surface area contributed by atoms with Crippen LogP contribution in [0.2, 0.25) is 0 Å². The van der Waals surface area contributed by atoms with Crippen molar-refractivity contribution < 1.29 is 19.4 Å². The van der Waals surface area contributed by atoms with Crippen molar-refractivity contribution in [1.82, 2.24) is 9.55 Å². The molecule has 7 heteroatoms. The first-order valence-corrected chi connectivity index (χ1v) is 11.6. The van der Waals surface area contributed by atoms with Crippen LogP contribution >= 0.6 is 0 Å². The van der Waals surface area contributed by atoms with Gasteiger partial charge in [0.15, 0.2) is 0 Å². The summed E-state index contributed by atoms with van der Waals surface area (Å²) in [4.78, 5) is 29.5. The van der Waals surface area contributed by atoms with E-state index in [1.165, 1.54) is 6.07 Å². The summed E-state index contributed by atoms with van der Waals surface area (Å²) >= 11 is 0. The number of rotatable bonds is 8. The third-order valence-electron chi connectivity index (χ3n) is 5.85. The Morgan fingerprint density at radius 1 is 0.838 bits per heavy atom. The summed E-state index contributed by atoms with van der Waals surface area (Å²) < 4.78 is 7.89. The van der Waals surface area contributed by atoms with E-state index in [4.69, 9.17) is 4.74 Å². The summed E-state index contributed by atoms with van der Waals surface area (Å²) in [7, 11) is 0. The maximum atomic E-state index is 13.5. The van der Waals surface area contributed by atoms with Gasteiger partial charge in [-0.05, 0) is 41.0 Å². The topological polar surface area (TPSA) is 93.5 Å². The average molecular weight is 490 g/mol. The molecule has 0 aliphatic heterocycles. The van der Waals surface area contributed by atoms with Crippen LogP contribution in [0, 0.1) is 0 Å². The monoisotopic (exact) mass is 489 g/mol. The van der Waals surface area contributed by atoms with E-state index in [2.05, 4.69) is 10.3 Å². The van der Waals surface area contributed by atoms with E-state index >= 15 is 0 Å². The lowest BCUT2D eigenvalue weighted by molar-refractivity contribution is 0.0698. The molecular formula is C30H23N3O4. The van der Waals surface area contributed by atoms with Gasteiger partial charge in [-0.15, -0.1) is 0 Å². The molecule has 1 amide bonds. The van der Waals surface area contributed by atoms with Crippen LogP contribution in [0.4, 0.5) is 5.69 Å². The van der Waals surface area contributed by atoms with Gasteiger partial charge in [0.1, 0.15) is 12.4 Å². The zero-order valence-corrected chi connectivity index (χ0v) is 19.7. The maximum absolute atomic E-state index is 13.5. The summed E-state index contributed by atoms with van der Waals surface area (Å²) in [6.07, 6.45) is 5.12. The number of carboxylic acids is 1. The fourth-order valence-electron chi connectivity index (χ4n) is 3.96. The largest absolute Gasteiger partial charge is 0.488 e. The van der Waals surface area contributed by atoms with Crippen LogP contribution in [0.3, 0.4) is 0 Å². The Labute approximate surface area is 213 Å². The van der Waals surface area contributed by atoms with Crippen LogP contribution in [0.25, 0.3) is 16.8 Å². The minimum Gasteiger partial charge on any atom is -0.488 e. The van der Waals surface area contributed by atoms with Gasteiger partial charge in [0, 0.05) is 18.5 Å². The Bertz CT molecular complexity index is 1530. The SMILES string of the molecule is O=C(O)c1ccc(-c2ccccc2)cc1NC(=O)c1ccc(-n2ccnc2)cc1OCc1ccccc1. The van der Waals surface area contributed by atoms with Crippen molar-refractivity contribution in [3.05, 3.63) is 132 Å². The van der Waals surface area contributed by atoms with Gasteiger partial charge in [-0.3, -0.25) is 4.79 Å². The molecule has 1 heterocycles. The fraction of sp³-hybridized carbons (Fsp3) is 0.0333. The van der Waals surface area contributed by atoms with Gasteiger partial charge >= 0.3 is 5.97 Å². The third-order valence-corrected chi connectivity index (χ3v) is 5.85. The molecule has 0 unspecified atom stereocenters. The second-order valence-electron chi connectivity index (χ2n) is 8.31. The minimum atomic E-state index is -1.13. The molecule has 5 aromatic rings. The second kappa shape index (κ2) is 10.6. The first-order valence-electron chi connectivity index (χ1n) is 11.6. The van der Waals surface area contributed by atoms with Crippen LogP contribution in [0.1, 0.15) is 26.3 Å². The van der Waals surface area contributed by atoms with Gasteiger partial charge in [0.2, 0.25) is 0 Å². The summed E-state index contributed by atoms with van der Waals surface area (Å²) in [5, 5.41) is 12.5. The minimum absolute atomic E-state index is 0.00480. The first-order chi connectivity index (χ1) is 18.1. The van der Waals surface area contributed by atoms with Gasteiger partial charge in [-0.2, -0.15) is 0 Å². The lowest BCUT2D eigenvalue weighted by Gasteiger charge is -2.15. The summed E-state index contributed by atoms with van der Waals surface area (Å²) in [5.41, 5.74) is 3.89. The number of nitrogens with zero attached hydrogens (tertiary/aromatic N) is 2. The number of carbonyl (C=O) groups excluding carboxylic acids is 1. The van der Waals surface area contributed by atoms with Crippen LogP contribution < -0.4 is 10.1 Å². The predicted molar refractivity (Wildman–Crippen MR) is 141 cm³/mol. The number of aromatic nitrogens is 2. The Balaban J connectivity index is 1.49. The van der Waals surface area contributed by atoms with Crippen molar-refractivity contribution in [2.45, 2.75) is 6.61 Å². The van der Waals surface area contributed by atoms with Crippen LogP contribution in [-0.4, -0.2) is 26.5 Å². The molecule has 182 valence electrons. The highest BCUT2D eigenvalue weighted by atomic mass is 16.5. The number of imidazole rings is 1. The molecule has 0 fully saturated rings. The number of carbonyl (C=O) groups is 2. The first kappa shape index (κ1) is 23.6. The third kappa shape index (κ3) is 5.41. The second-order valence-corrected chi connectivity index (χ2v) is 8.31. The standard InChI is InChI=1S/C30H23N3O4/c34-29(32-27-17-23(11-13-25(27)30(35)36)22-9-5-2-6-10-22)26-14-12-24(33-16-15-31-20-33)18-28(26)37-19-21-7-3-1-4-8-21/h1-18,20H,19H2,(H,32,34)(H,35,36). The number of amides is 1. The molecule has 1 aromatic heterocycles. The van der Waals surface area contributed by atoms with E-state index in [0.717, 1.165) is 22.4 Å². The molecule has 7 nitrogen and oxygen atoms in total. The number of aromatic carboxylic acids is 1. The smallest absolute Gasteiger partial charge is 0.337 e. The van der Waals surface area contributed by atoms with Gasteiger partial charge in [-0.1, -0.05) is 66.7 Å². The van der Waals surface area contributed by atoms with Crippen molar-refractivity contribution in [1.29, 1.82) is 0 Å². The molecule has 5 rings (SSSR count). The van der Waals surface area contributed by atoms with Gasteiger partial charge in [0.25, 0.3) is 5.91 Å². The summed E-state index contributed by atoms with van der Waals surface area (Å²) in [5.74, 6) is -1.25. The molecule has 0 aliphatic carbocycles. The quantitative estimate of drug-likeness (QED) is 0.276. The van der Waals surface area contributed by atoms with E-state index in [9.17, 15) is 14.7 Å². The number of carboxylic acid groups (broad SMARTS) is 1. The zero-order valence-electron chi connectivity index (χ0n) is 19.7. The van der Waals surface area contributed by atoms with Crippen LogP contribution in [0.15, 0.2) is 116 Å². The zero-order chi connectivity index (χ0) is 25.6. The van der Waals surface area contributed by atoms with Gasteiger partial charge in [0.05, 0.1) is 28.8 Å². The number of ether oxygens (including phenoxy) is 1. The van der Waals surface area contributed by atoms with E-state index in [1.807, 2.05) is 65.2 Å². The van der Waals surface area contributed by atoms with Crippen LogP contribution in [0.5, 0.6) is 5.75 Å². The Kier molecular flexibility index (Phi) is 6.76.